The molecule has 0 radical (unpaired) electrons. The lowest BCUT2D eigenvalue weighted by atomic mass is 10.1. The predicted molar refractivity (Wildman–Crippen MR) is 139 cm³/mol. The highest BCUT2D eigenvalue weighted by atomic mass is 32.2. The van der Waals surface area contributed by atoms with E-state index >= 15 is 0 Å². The first-order valence-electron chi connectivity index (χ1n) is 11.4. The maximum atomic E-state index is 13.4. The molecule has 1 atom stereocenters. The minimum Gasteiger partial charge on any atom is -0.490 e. The van der Waals surface area contributed by atoms with Gasteiger partial charge < -0.3 is 14.2 Å². The summed E-state index contributed by atoms with van der Waals surface area (Å²) in [5.74, 6) is 0.444. The van der Waals surface area contributed by atoms with Crippen molar-refractivity contribution in [2.45, 2.75) is 39.7 Å². The lowest BCUT2D eigenvalue weighted by molar-refractivity contribution is -0.151. The Morgan fingerprint density at radius 3 is 2.50 bits per heavy atom. The zero-order valence-electron chi connectivity index (χ0n) is 19.6. The molecule has 0 bridgehead atoms. The molecule has 1 aliphatic heterocycles. The summed E-state index contributed by atoms with van der Waals surface area (Å²) in [5.41, 5.74) is 1.42. The summed E-state index contributed by atoms with van der Waals surface area (Å²) in [6, 6.07) is 13.7. The van der Waals surface area contributed by atoms with Crippen molar-refractivity contribution in [2.75, 3.05) is 19.8 Å². The van der Waals surface area contributed by atoms with Gasteiger partial charge in [0.25, 0.3) is 5.91 Å². The highest BCUT2D eigenvalue weighted by Gasteiger charge is 2.42. The standard InChI is InChI=1S/C26H29NO5S2/c1-4-7-15-32-20-14-13-18(16-21(20)30-5-2)17-22-24(28)27(26(33)34-22)23(25(29)31-6-3)19-11-9-8-10-12-19/h8-14,16-17,23H,4-7,15H2,1-3H3/b22-17-. The van der Waals surface area contributed by atoms with Gasteiger partial charge in [0, 0.05) is 0 Å². The molecule has 0 N–H and O–H groups in total. The smallest absolute Gasteiger partial charge is 0.333 e. The highest BCUT2D eigenvalue weighted by Crippen LogP contribution is 2.39. The Labute approximate surface area is 210 Å². The van der Waals surface area contributed by atoms with Crippen LogP contribution < -0.4 is 9.47 Å². The van der Waals surface area contributed by atoms with Crippen LogP contribution in [0.1, 0.15) is 50.8 Å². The largest absolute Gasteiger partial charge is 0.490 e. The van der Waals surface area contributed by atoms with Gasteiger partial charge in [-0.3, -0.25) is 9.69 Å². The molecule has 2 aromatic rings. The summed E-state index contributed by atoms with van der Waals surface area (Å²) in [7, 11) is 0. The average molecular weight is 500 g/mol. The molecule has 3 rings (SSSR count). The van der Waals surface area contributed by atoms with Crippen LogP contribution in [0.4, 0.5) is 0 Å². The quantitative estimate of drug-likeness (QED) is 0.168. The molecule has 0 spiro atoms. The Morgan fingerprint density at radius 2 is 1.82 bits per heavy atom. The predicted octanol–water partition coefficient (Wildman–Crippen LogP) is 5.77. The van der Waals surface area contributed by atoms with Crippen LogP contribution >= 0.6 is 24.0 Å². The maximum Gasteiger partial charge on any atom is 0.333 e. The highest BCUT2D eigenvalue weighted by molar-refractivity contribution is 8.26. The fourth-order valence-electron chi connectivity index (χ4n) is 3.43. The number of ether oxygens (including phenoxy) is 3. The van der Waals surface area contributed by atoms with Crippen molar-refractivity contribution in [3.63, 3.8) is 0 Å². The Hall–Kier alpha value is -2.84. The second-order valence-electron chi connectivity index (χ2n) is 7.46. The van der Waals surface area contributed by atoms with Gasteiger partial charge in [-0.25, -0.2) is 4.79 Å². The molecule has 1 unspecified atom stereocenters. The zero-order valence-corrected chi connectivity index (χ0v) is 21.2. The molecular weight excluding hydrogens is 470 g/mol. The molecule has 1 fully saturated rings. The number of rotatable bonds is 11. The second-order valence-corrected chi connectivity index (χ2v) is 9.13. The van der Waals surface area contributed by atoms with Crippen molar-refractivity contribution < 1.29 is 23.8 Å². The van der Waals surface area contributed by atoms with Crippen LogP contribution in [0.15, 0.2) is 53.4 Å². The molecule has 8 heteroatoms. The van der Waals surface area contributed by atoms with E-state index in [1.54, 1.807) is 25.1 Å². The Morgan fingerprint density at radius 1 is 1.06 bits per heavy atom. The lowest BCUT2D eigenvalue weighted by Gasteiger charge is -2.25. The van der Waals surface area contributed by atoms with Crippen LogP contribution in [0.25, 0.3) is 6.08 Å². The first-order chi connectivity index (χ1) is 16.5. The summed E-state index contributed by atoms with van der Waals surface area (Å²) < 4.78 is 17.2. The molecule has 1 amide bonds. The van der Waals surface area contributed by atoms with Gasteiger partial charge in [0.2, 0.25) is 0 Å². The number of amides is 1. The Balaban J connectivity index is 1.90. The van der Waals surface area contributed by atoms with Crippen molar-refractivity contribution in [1.82, 2.24) is 4.90 Å². The van der Waals surface area contributed by atoms with E-state index < -0.39 is 12.0 Å². The molecular formula is C26H29NO5S2. The maximum absolute atomic E-state index is 13.4. The molecule has 0 aromatic heterocycles. The van der Waals surface area contributed by atoms with Gasteiger partial charge in [-0.05, 0) is 49.6 Å². The molecule has 1 heterocycles. The molecule has 180 valence electrons. The fraction of sp³-hybridized carbons (Fsp3) is 0.346. The Bertz CT molecular complexity index is 1050. The van der Waals surface area contributed by atoms with E-state index in [1.165, 1.54) is 4.90 Å². The van der Waals surface area contributed by atoms with Gasteiger partial charge in [-0.15, -0.1) is 0 Å². The number of thiocarbonyl (C=S) groups is 1. The minimum absolute atomic E-state index is 0.208. The van der Waals surface area contributed by atoms with Crippen LogP contribution in [0.3, 0.4) is 0 Å². The second kappa shape index (κ2) is 12.6. The lowest BCUT2D eigenvalue weighted by Crippen LogP contribution is -2.38. The number of nitrogens with zero attached hydrogens (tertiary/aromatic N) is 1. The van der Waals surface area contributed by atoms with Crippen molar-refractivity contribution in [1.29, 1.82) is 0 Å². The van der Waals surface area contributed by atoms with E-state index in [1.807, 2.05) is 43.3 Å². The third-order valence-electron chi connectivity index (χ3n) is 5.03. The fourth-order valence-corrected chi connectivity index (χ4v) is 4.74. The SMILES string of the molecule is CCCCOc1ccc(/C=C2\SC(=S)N(C(C(=O)OCC)c3ccccc3)C2=O)cc1OCC. The summed E-state index contributed by atoms with van der Waals surface area (Å²) in [5, 5.41) is 0. The van der Waals surface area contributed by atoms with Crippen LogP contribution in [0, 0.1) is 0 Å². The molecule has 6 nitrogen and oxygen atoms in total. The molecule has 1 saturated heterocycles. The Kier molecular flexibility index (Phi) is 9.53. The van der Waals surface area contributed by atoms with Crippen molar-refractivity contribution in [2.24, 2.45) is 0 Å². The number of esters is 1. The van der Waals surface area contributed by atoms with E-state index in [2.05, 4.69) is 6.92 Å². The molecule has 0 saturated carbocycles. The van der Waals surface area contributed by atoms with Gasteiger partial charge in [0.15, 0.2) is 17.5 Å². The molecule has 34 heavy (non-hydrogen) atoms. The van der Waals surface area contributed by atoms with Gasteiger partial charge in [-0.1, -0.05) is 73.7 Å². The van der Waals surface area contributed by atoms with Crippen molar-refractivity contribution in [3.8, 4) is 11.5 Å². The van der Waals surface area contributed by atoms with E-state index in [-0.39, 0.29) is 12.5 Å². The van der Waals surface area contributed by atoms with Crippen LogP contribution in [0.5, 0.6) is 11.5 Å². The molecule has 0 aliphatic carbocycles. The summed E-state index contributed by atoms with van der Waals surface area (Å²) >= 11 is 6.68. The first kappa shape index (κ1) is 25.8. The number of carbonyl (C=O) groups is 2. The number of carbonyl (C=O) groups excluding carboxylic acids is 2. The number of hydrogen-bond acceptors (Lipinski definition) is 7. The van der Waals surface area contributed by atoms with Crippen LogP contribution in [-0.4, -0.2) is 40.9 Å². The average Bonchev–Trinajstić information content (AvgIpc) is 3.09. The zero-order chi connectivity index (χ0) is 24.5. The number of benzene rings is 2. The third kappa shape index (κ3) is 6.18. The van der Waals surface area contributed by atoms with Gasteiger partial charge in [0.05, 0.1) is 24.7 Å². The monoisotopic (exact) mass is 499 g/mol. The van der Waals surface area contributed by atoms with Gasteiger partial charge in [-0.2, -0.15) is 0 Å². The minimum atomic E-state index is -0.937. The number of thioether (sulfide) groups is 1. The van der Waals surface area contributed by atoms with Crippen molar-refractivity contribution >= 4 is 46.3 Å². The summed E-state index contributed by atoms with van der Waals surface area (Å²) in [6.45, 7) is 7.07. The summed E-state index contributed by atoms with van der Waals surface area (Å²) in [4.78, 5) is 28.0. The van der Waals surface area contributed by atoms with Gasteiger partial charge >= 0.3 is 5.97 Å². The normalized spacial score (nSPS) is 15.5. The van der Waals surface area contributed by atoms with E-state index in [9.17, 15) is 9.59 Å². The summed E-state index contributed by atoms with van der Waals surface area (Å²) in [6.07, 6.45) is 3.75. The van der Waals surface area contributed by atoms with Crippen molar-refractivity contribution in [3.05, 3.63) is 64.6 Å². The van der Waals surface area contributed by atoms with E-state index in [0.717, 1.165) is 30.2 Å². The third-order valence-corrected chi connectivity index (χ3v) is 6.36. The van der Waals surface area contributed by atoms with E-state index in [0.29, 0.717) is 39.5 Å². The topological polar surface area (TPSA) is 65.1 Å². The van der Waals surface area contributed by atoms with Crippen LogP contribution in [0.2, 0.25) is 0 Å². The molecule has 2 aromatic carbocycles. The van der Waals surface area contributed by atoms with E-state index in [4.69, 9.17) is 26.4 Å². The number of hydrogen-bond donors (Lipinski definition) is 0. The number of unbranched alkanes of at least 4 members (excludes halogenated alkanes) is 1. The van der Waals surface area contributed by atoms with Gasteiger partial charge in [0.1, 0.15) is 4.32 Å². The van der Waals surface area contributed by atoms with Crippen LogP contribution in [-0.2, 0) is 14.3 Å². The molecule has 1 aliphatic rings. The first-order valence-corrected chi connectivity index (χ1v) is 12.6.